The minimum atomic E-state index is 0.0450. The molecule has 0 bridgehead atoms. The van der Waals surface area contributed by atoms with E-state index in [0.717, 1.165) is 19.6 Å². The second-order valence-electron chi connectivity index (χ2n) is 3.57. The van der Waals surface area contributed by atoms with Gasteiger partial charge in [0.1, 0.15) is 0 Å². The number of thiophene rings is 1. The molecule has 2 N–H and O–H groups in total. The third-order valence-corrected chi connectivity index (χ3v) is 3.49. The average molecular weight is 225 g/mol. The van der Waals surface area contributed by atoms with E-state index in [0.29, 0.717) is 0 Å². The lowest BCUT2D eigenvalue weighted by molar-refractivity contribution is 0.218. The minimum absolute atomic E-state index is 0.0450. The van der Waals surface area contributed by atoms with Gasteiger partial charge in [-0.05, 0) is 18.5 Å². The summed E-state index contributed by atoms with van der Waals surface area (Å²) in [6.07, 6.45) is 0. The Labute approximate surface area is 93.3 Å². The van der Waals surface area contributed by atoms with E-state index >= 15 is 0 Å². The predicted octanol–water partition coefficient (Wildman–Crippen LogP) is 1.03. The van der Waals surface area contributed by atoms with Crippen molar-refractivity contribution in [3.05, 3.63) is 22.4 Å². The van der Waals surface area contributed by atoms with Crippen LogP contribution in [0.25, 0.3) is 0 Å². The first-order chi connectivity index (χ1) is 7.31. The molecule has 0 aliphatic carbocycles. The van der Waals surface area contributed by atoms with Gasteiger partial charge in [0.2, 0.25) is 0 Å². The number of hydrogen-bond donors (Lipinski definition) is 2. The van der Waals surface area contributed by atoms with Gasteiger partial charge in [-0.15, -0.1) is 11.3 Å². The number of nitrogens with one attached hydrogen (secondary N) is 2. The third-order valence-electron chi connectivity index (χ3n) is 2.51. The van der Waals surface area contributed by atoms with Gasteiger partial charge >= 0.3 is 6.03 Å². The molecule has 0 saturated carbocycles. The zero-order valence-corrected chi connectivity index (χ0v) is 9.51. The molecule has 5 heteroatoms. The highest BCUT2D eigenvalue weighted by molar-refractivity contribution is 7.10. The number of urea groups is 1. The molecule has 1 aliphatic rings. The Balaban J connectivity index is 1.95. The van der Waals surface area contributed by atoms with Gasteiger partial charge in [-0.25, -0.2) is 4.79 Å². The van der Waals surface area contributed by atoms with E-state index in [2.05, 4.69) is 16.7 Å². The Morgan fingerprint density at radius 3 is 3.27 bits per heavy atom. The van der Waals surface area contributed by atoms with E-state index in [-0.39, 0.29) is 12.1 Å². The summed E-state index contributed by atoms with van der Waals surface area (Å²) in [5, 5.41) is 8.07. The van der Waals surface area contributed by atoms with Gasteiger partial charge in [0, 0.05) is 24.5 Å². The van der Waals surface area contributed by atoms with Crippen LogP contribution in [0.5, 0.6) is 0 Å². The Morgan fingerprint density at radius 2 is 2.60 bits per heavy atom. The van der Waals surface area contributed by atoms with Crippen molar-refractivity contribution in [1.29, 1.82) is 0 Å². The summed E-state index contributed by atoms with van der Waals surface area (Å²) in [4.78, 5) is 14.7. The highest BCUT2D eigenvalue weighted by Crippen LogP contribution is 2.23. The van der Waals surface area contributed by atoms with E-state index in [9.17, 15) is 4.79 Å². The average Bonchev–Trinajstić information content (AvgIpc) is 2.83. The number of carbonyl (C=O) groups excluding carboxylic acids is 1. The first-order valence-electron chi connectivity index (χ1n) is 5.04. The van der Waals surface area contributed by atoms with Gasteiger partial charge in [-0.3, -0.25) is 0 Å². The topological polar surface area (TPSA) is 44.4 Å². The third kappa shape index (κ3) is 2.30. The number of hydrogen-bond acceptors (Lipinski definition) is 3. The summed E-state index contributed by atoms with van der Waals surface area (Å²) >= 11 is 1.69. The van der Waals surface area contributed by atoms with Crippen molar-refractivity contribution in [2.75, 3.05) is 26.7 Å². The summed E-state index contributed by atoms with van der Waals surface area (Å²) in [6, 6.07) is 4.30. The second kappa shape index (κ2) is 4.63. The molecule has 1 fully saturated rings. The molecule has 1 unspecified atom stereocenters. The van der Waals surface area contributed by atoms with Crippen LogP contribution in [0.3, 0.4) is 0 Å². The van der Waals surface area contributed by atoms with E-state index in [1.54, 1.807) is 11.3 Å². The normalized spacial score (nSPS) is 20.7. The molecule has 1 aromatic heterocycles. The molecule has 0 spiro atoms. The quantitative estimate of drug-likeness (QED) is 0.804. The van der Waals surface area contributed by atoms with Crippen molar-refractivity contribution >= 4 is 17.4 Å². The molecule has 4 nitrogen and oxygen atoms in total. The summed E-state index contributed by atoms with van der Waals surface area (Å²) in [6.45, 7) is 2.38. The van der Waals surface area contributed by atoms with Gasteiger partial charge in [0.05, 0.1) is 6.04 Å². The van der Waals surface area contributed by atoms with Crippen LogP contribution in [-0.2, 0) is 0 Å². The van der Waals surface area contributed by atoms with Crippen molar-refractivity contribution < 1.29 is 4.79 Å². The van der Waals surface area contributed by atoms with Crippen molar-refractivity contribution in [3.8, 4) is 0 Å². The largest absolute Gasteiger partial charge is 0.329 e. The van der Waals surface area contributed by atoms with Gasteiger partial charge in [0.15, 0.2) is 0 Å². The highest BCUT2D eigenvalue weighted by Gasteiger charge is 2.29. The minimum Gasteiger partial charge on any atom is -0.329 e. The summed E-state index contributed by atoms with van der Waals surface area (Å²) in [5.41, 5.74) is 0. The fourth-order valence-electron chi connectivity index (χ4n) is 1.68. The smallest absolute Gasteiger partial charge is 0.318 e. The molecule has 2 rings (SSSR count). The maximum absolute atomic E-state index is 11.6. The zero-order chi connectivity index (χ0) is 10.7. The number of amides is 2. The molecule has 1 saturated heterocycles. The van der Waals surface area contributed by atoms with Gasteiger partial charge in [-0.2, -0.15) is 0 Å². The van der Waals surface area contributed by atoms with E-state index in [1.165, 1.54) is 4.88 Å². The van der Waals surface area contributed by atoms with E-state index in [1.807, 2.05) is 23.4 Å². The van der Waals surface area contributed by atoms with Crippen LogP contribution in [0.4, 0.5) is 4.79 Å². The summed E-state index contributed by atoms with van der Waals surface area (Å²) < 4.78 is 0. The Kier molecular flexibility index (Phi) is 3.23. The monoisotopic (exact) mass is 225 g/mol. The Morgan fingerprint density at radius 1 is 1.73 bits per heavy atom. The number of nitrogens with zero attached hydrogens (tertiary/aromatic N) is 1. The highest BCUT2D eigenvalue weighted by atomic mass is 32.1. The van der Waals surface area contributed by atoms with Crippen LogP contribution < -0.4 is 10.6 Å². The Bertz CT molecular complexity index is 325. The lowest BCUT2D eigenvalue weighted by atomic mass is 10.2. The van der Waals surface area contributed by atoms with Crippen LogP contribution >= 0.6 is 11.3 Å². The van der Waals surface area contributed by atoms with Crippen molar-refractivity contribution in [3.63, 3.8) is 0 Å². The number of carbonyl (C=O) groups is 1. The zero-order valence-electron chi connectivity index (χ0n) is 8.69. The molecule has 1 aliphatic heterocycles. The summed E-state index contributed by atoms with van der Waals surface area (Å²) in [7, 11) is 1.89. The van der Waals surface area contributed by atoms with Crippen LogP contribution in [0, 0.1) is 0 Å². The van der Waals surface area contributed by atoms with Gasteiger partial charge in [0.25, 0.3) is 0 Å². The fourth-order valence-corrected chi connectivity index (χ4v) is 2.45. The SMILES string of the molecule is CNCCN1CC(c2cccs2)NC1=O. The molecule has 2 heterocycles. The molecular weight excluding hydrogens is 210 g/mol. The van der Waals surface area contributed by atoms with Crippen LogP contribution in [0.15, 0.2) is 17.5 Å². The van der Waals surface area contributed by atoms with E-state index in [4.69, 9.17) is 0 Å². The first kappa shape index (κ1) is 10.4. The molecule has 82 valence electrons. The molecule has 15 heavy (non-hydrogen) atoms. The van der Waals surface area contributed by atoms with Crippen LogP contribution in [0.2, 0.25) is 0 Å². The number of likely N-dealkylation sites (N-methyl/N-ethyl adjacent to an activating group) is 1. The molecule has 1 atom stereocenters. The lowest BCUT2D eigenvalue weighted by Crippen LogP contribution is -2.33. The number of rotatable bonds is 4. The Hall–Kier alpha value is -1.07. The van der Waals surface area contributed by atoms with Crippen molar-refractivity contribution in [2.24, 2.45) is 0 Å². The lowest BCUT2D eigenvalue weighted by Gasteiger charge is -2.13. The molecular formula is C10H15N3OS. The summed E-state index contributed by atoms with van der Waals surface area (Å²) in [5.74, 6) is 0. The maximum atomic E-state index is 11.6. The van der Waals surface area contributed by atoms with Crippen LogP contribution in [0.1, 0.15) is 10.9 Å². The maximum Gasteiger partial charge on any atom is 0.318 e. The second-order valence-corrected chi connectivity index (χ2v) is 4.55. The van der Waals surface area contributed by atoms with Gasteiger partial charge in [-0.1, -0.05) is 6.07 Å². The van der Waals surface area contributed by atoms with E-state index < -0.39 is 0 Å². The van der Waals surface area contributed by atoms with Crippen LogP contribution in [-0.4, -0.2) is 37.6 Å². The van der Waals surface area contributed by atoms with Crippen molar-refractivity contribution in [2.45, 2.75) is 6.04 Å². The molecule has 0 radical (unpaired) electrons. The molecule has 1 aromatic rings. The standard InChI is InChI=1S/C10H15N3OS/c1-11-4-5-13-7-8(12-10(13)14)9-3-2-6-15-9/h2-3,6,8,11H,4-5,7H2,1H3,(H,12,14). The first-order valence-corrected chi connectivity index (χ1v) is 5.92. The molecule has 2 amide bonds. The molecule has 0 aromatic carbocycles. The predicted molar refractivity (Wildman–Crippen MR) is 61.1 cm³/mol. The van der Waals surface area contributed by atoms with Gasteiger partial charge < -0.3 is 15.5 Å². The van der Waals surface area contributed by atoms with Crippen molar-refractivity contribution in [1.82, 2.24) is 15.5 Å². The fraction of sp³-hybridized carbons (Fsp3) is 0.500.